The highest BCUT2D eigenvalue weighted by Gasteiger charge is 2.37. The minimum Gasteiger partial charge on any atom is -0.497 e. The van der Waals surface area contributed by atoms with Crippen LogP contribution in [-0.2, 0) is 0 Å². The highest BCUT2D eigenvalue weighted by molar-refractivity contribution is 5.50. The first kappa shape index (κ1) is 17.5. The van der Waals surface area contributed by atoms with E-state index in [-0.39, 0.29) is 0 Å². The molecule has 0 radical (unpaired) electrons. The van der Waals surface area contributed by atoms with E-state index in [0.717, 1.165) is 51.4 Å². The Morgan fingerprint density at radius 3 is 2.54 bits per heavy atom. The second kappa shape index (κ2) is 8.15. The number of rotatable bonds is 6. The lowest BCUT2D eigenvalue weighted by Crippen LogP contribution is -2.46. The van der Waals surface area contributed by atoms with Crippen LogP contribution < -0.4 is 4.74 Å². The van der Waals surface area contributed by atoms with Gasteiger partial charge < -0.3 is 14.7 Å². The Kier molecular flexibility index (Phi) is 5.93. The Morgan fingerprint density at radius 1 is 1.08 bits per heavy atom. The summed E-state index contributed by atoms with van der Waals surface area (Å²) in [5.74, 6) is 0.884. The van der Waals surface area contributed by atoms with E-state index in [2.05, 4.69) is 34.1 Å². The second-order valence-corrected chi connectivity index (χ2v) is 7.22. The van der Waals surface area contributed by atoms with Crippen molar-refractivity contribution in [3.8, 4) is 5.75 Å². The first-order valence-corrected chi connectivity index (χ1v) is 9.15. The first-order valence-electron chi connectivity index (χ1n) is 9.15. The lowest BCUT2D eigenvalue weighted by atomic mass is 10.0. The fraction of sp³-hybridized carbons (Fsp3) is 0.600. The summed E-state index contributed by atoms with van der Waals surface area (Å²) in [5, 5.41) is 10.9. The third kappa shape index (κ3) is 4.82. The van der Waals surface area contributed by atoms with E-state index in [1.807, 2.05) is 12.1 Å². The van der Waals surface area contributed by atoms with Crippen molar-refractivity contribution in [2.24, 2.45) is 0 Å². The molecule has 0 saturated carbocycles. The van der Waals surface area contributed by atoms with E-state index in [1.165, 1.54) is 24.8 Å². The number of benzene rings is 1. The third-order valence-electron chi connectivity index (χ3n) is 5.17. The minimum atomic E-state index is -0.523. The number of hydrogen-bond acceptors (Lipinski definition) is 4. The number of hydrogen-bond donors (Lipinski definition) is 1. The van der Waals surface area contributed by atoms with Crippen LogP contribution in [0.4, 0.5) is 0 Å². The zero-order chi connectivity index (χ0) is 16.8. The number of ether oxygens (including phenoxy) is 1. The van der Waals surface area contributed by atoms with Gasteiger partial charge in [0, 0.05) is 26.2 Å². The average molecular weight is 330 g/mol. The SMILES string of the molecule is COc1ccc(/C=C/CN2CC[C@](O)(CN3CCCCC3)C2)cc1. The van der Waals surface area contributed by atoms with Gasteiger partial charge in [-0.05, 0) is 50.0 Å². The van der Waals surface area contributed by atoms with Crippen LogP contribution in [0.2, 0.25) is 0 Å². The summed E-state index contributed by atoms with van der Waals surface area (Å²) in [6.45, 7) is 5.81. The van der Waals surface area contributed by atoms with Crippen molar-refractivity contribution < 1.29 is 9.84 Å². The summed E-state index contributed by atoms with van der Waals surface area (Å²) < 4.78 is 5.18. The highest BCUT2D eigenvalue weighted by atomic mass is 16.5. The van der Waals surface area contributed by atoms with Crippen molar-refractivity contribution in [1.82, 2.24) is 9.80 Å². The fourth-order valence-electron chi connectivity index (χ4n) is 3.81. The molecule has 2 heterocycles. The van der Waals surface area contributed by atoms with Gasteiger partial charge in [-0.2, -0.15) is 0 Å². The zero-order valence-corrected chi connectivity index (χ0v) is 14.8. The van der Waals surface area contributed by atoms with Gasteiger partial charge in [-0.1, -0.05) is 30.7 Å². The highest BCUT2D eigenvalue weighted by Crippen LogP contribution is 2.24. The van der Waals surface area contributed by atoms with Crippen LogP contribution in [-0.4, -0.2) is 66.9 Å². The van der Waals surface area contributed by atoms with Crippen molar-refractivity contribution in [3.63, 3.8) is 0 Å². The monoisotopic (exact) mass is 330 g/mol. The molecular formula is C20H30N2O2. The van der Waals surface area contributed by atoms with E-state index in [0.29, 0.717) is 0 Å². The molecule has 0 unspecified atom stereocenters. The number of aliphatic hydroxyl groups is 1. The number of piperidine rings is 1. The molecule has 0 aliphatic carbocycles. The largest absolute Gasteiger partial charge is 0.497 e. The van der Waals surface area contributed by atoms with Gasteiger partial charge in [0.25, 0.3) is 0 Å². The molecule has 1 aromatic carbocycles. The van der Waals surface area contributed by atoms with Gasteiger partial charge in [0.1, 0.15) is 5.75 Å². The maximum Gasteiger partial charge on any atom is 0.118 e. The normalized spacial score (nSPS) is 26.2. The van der Waals surface area contributed by atoms with Crippen molar-refractivity contribution in [1.29, 1.82) is 0 Å². The second-order valence-electron chi connectivity index (χ2n) is 7.22. The molecule has 1 N–H and O–H groups in total. The van der Waals surface area contributed by atoms with E-state index in [1.54, 1.807) is 7.11 Å². The van der Waals surface area contributed by atoms with Crippen molar-refractivity contribution >= 4 is 6.08 Å². The molecule has 1 atom stereocenters. The molecular weight excluding hydrogens is 300 g/mol. The van der Waals surface area contributed by atoms with Crippen LogP contribution in [0, 0.1) is 0 Å². The lowest BCUT2D eigenvalue weighted by Gasteiger charge is -2.33. The van der Waals surface area contributed by atoms with Gasteiger partial charge in [-0.25, -0.2) is 0 Å². The van der Waals surface area contributed by atoms with Gasteiger partial charge in [-0.15, -0.1) is 0 Å². The Morgan fingerprint density at radius 2 is 1.83 bits per heavy atom. The van der Waals surface area contributed by atoms with Crippen LogP contribution in [0.5, 0.6) is 5.75 Å². The maximum atomic E-state index is 10.9. The molecule has 2 saturated heterocycles. The summed E-state index contributed by atoms with van der Waals surface area (Å²) in [7, 11) is 1.68. The topological polar surface area (TPSA) is 35.9 Å². The standard InChI is InChI=1S/C20H30N2O2/c1-24-19-9-7-18(8-10-19)6-5-14-22-15-11-20(23,17-22)16-21-12-3-2-4-13-21/h5-10,23H,2-4,11-17H2,1H3/b6-5+/t20-/m0/s1. The molecule has 3 rings (SSSR count). The van der Waals surface area contributed by atoms with Crippen LogP contribution in [0.1, 0.15) is 31.2 Å². The predicted octanol–water partition coefficient (Wildman–Crippen LogP) is 2.63. The molecule has 0 spiro atoms. The molecule has 2 aliphatic rings. The predicted molar refractivity (Wildman–Crippen MR) is 98.3 cm³/mol. The van der Waals surface area contributed by atoms with Crippen LogP contribution in [0.25, 0.3) is 6.08 Å². The molecule has 24 heavy (non-hydrogen) atoms. The quantitative estimate of drug-likeness (QED) is 0.870. The number of β-amino-alcohol motifs (C(OH)–C–C–N with tert-alkyl or cyclic N) is 1. The molecule has 0 amide bonds. The fourth-order valence-corrected chi connectivity index (χ4v) is 3.81. The van der Waals surface area contributed by atoms with Gasteiger partial charge in [0.05, 0.1) is 12.7 Å². The molecule has 0 bridgehead atoms. The van der Waals surface area contributed by atoms with E-state index < -0.39 is 5.60 Å². The van der Waals surface area contributed by atoms with E-state index in [4.69, 9.17) is 4.74 Å². The number of methoxy groups -OCH3 is 1. The molecule has 4 nitrogen and oxygen atoms in total. The van der Waals surface area contributed by atoms with Gasteiger partial charge in [0.15, 0.2) is 0 Å². The summed E-state index contributed by atoms with van der Waals surface area (Å²) in [6.07, 6.45) is 9.13. The Balaban J connectivity index is 1.45. The van der Waals surface area contributed by atoms with Crippen LogP contribution >= 0.6 is 0 Å². The summed E-state index contributed by atoms with van der Waals surface area (Å²) >= 11 is 0. The van der Waals surface area contributed by atoms with Gasteiger partial charge in [0.2, 0.25) is 0 Å². The Hall–Kier alpha value is -1.36. The molecule has 2 fully saturated rings. The van der Waals surface area contributed by atoms with E-state index in [9.17, 15) is 5.11 Å². The Labute approximate surface area is 145 Å². The summed E-state index contributed by atoms with van der Waals surface area (Å²) in [5.41, 5.74) is 0.657. The smallest absolute Gasteiger partial charge is 0.118 e. The number of nitrogens with zero attached hydrogens (tertiary/aromatic N) is 2. The van der Waals surface area contributed by atoms with Gasteiger partial charge in [-0.3, -0.25) is 4.90 Å². The third-order valence-corrected chi connectivity index (χ3v) is 5.17. The van der Waals surface area contributed by atoms with E-state index >= 15 is 0 Å². The van der Waals surface area contributed by atoms with Crippen molar-refractivity contribution in [2.45, 2.75) is 31.3 Å². The summed E-state index contributed by atoms with van der Waals surface area (Å²) in [4.78, 5) is 4.80. The first-order chi connectivity index (χ1) is 11.7. The minimum absolute atomic E-state index is 0.523. The van der Waals surface area contributed by atoms with Crippen molar-refractivity contribution in [2.75, 3.05) is 46.4 Å². The lowest BCUT2D eigenvalue weighted by molar-refractivity contribution is 0.00771. The van der Waals surface area contributed by atoms with Crippen molar-refractivity contribution in [3.05, 3.63) is 35.9 Å². The maximum absolute atomic E-state index is 10.9. The Bertz CT molecular complexity index is 537. The zero-order valence-electron chi connectivity index (χ0n) is 14.8. The van der Waals surface area contributed by atoms with Gasteiger partial charge >= 0.3 is 0 Å². The molecule has 4 heteroatoms. The van der Waals surface area contributed by atoms with Crippen LogP contribution in [0.15, 0.2) is 30.3 Å². The number of likely N-dealkylation sites (tertiary alicyclic amines) is 2. The summed E-state index contributed by atoms with van der Waals surface area (Å²) in [6, 6.07) is 8.08. The molecule has 2 aliphatic heterocycles. The molecule has 0 aromatic heterocycles. The average Bonchev–Trinajstić information content (AvgIpc) is 2.97. The van der Waals surface area contributed by atoms with Crippen LogP contribution in [0.3, 0.4) is 0 Å². The molecule has 1 aromatic rings. The molecule has 132 valence electrons.